The predicted octanol–water partition coefficient (Wildman–Crippen LogP) is 0.815. The average Bonchev–Trinajstić information content (AvgIpc) is 1.96. The molecule has 6 heteroatoms. The Labute approximate surface area is 91.0 Å². The average molecular weight is 237 g/mol. The van der Waals surface area contributed by atoms with E-state index in [4.69, 9.17) is 4.55 Å². The van der Waals surface area contributed by atoms with Crippen molar-refractivity contribution in [2.75, 3.05) is 5.75 Å². The van der Waals surface area contributed by atoms with Crippen molar-refractivity contribution in [2.45, 2.75) is 39.7 Å². The van der Waals surface area contributed by atoms with Gasteiger partial charge in [-0.1, -0.05) is 13.8 Å². The van der Waals surface area contributed by atoms with E-state index in [2.05, 4.69) is 5.32 Å². The van der Waals surface area contributed by atoms with E-state index in [9.17, 15) is 13.2 Å². The van der Waals surface area contributed by atoms with Crippen molar-refractivity contribution in [1.82, 2.24) is 5.32 Å². The Morgan fingerprint density at radius 2 is 1.93 bits per heavy atom. The maximum absolute atomic E-state index is 11.5. The van der Waals surface area contributed by atoms with Crippen molar-refractivity contribution >= 4 is 16.0 Å². The molecule has 0 aliphatic rings. The van der Waals surface area contributed by atoms with E-state index in [0.717, 1.165) is 0 Å². The molecule has 0 fully saturated rings. The van der Waals surface area contributed by atoms with E-state index in [1.807, 2.05) is 6.92 Å². The number of hydrogen-bond acceptors (Lipinski definition) is 3. The van der Waals surface area contributed by atoms with Crippen LogP contribution < -0.4 is 5.32 Å². The molecule has 1 atom stereocenters. The predicted molar refractivity (Wildman–Crippen MR) is 58.1 cm³/mol. The zero-order chi connectivity index (χ0) is 12.3. The Morgan fingerprint density at radius 3 is 2.27 bits per heavy atom. The van der Waals surface area contributed by atoms with Crippen LogP contribution >= 0.6 is 0 Å². The van der Waals surface area contributed by atoms with Crippen LogP contribution in [0.2, 0.25) is 0 Å². The molecule has 15 heavy (non-hydrogen) atoms. The zero-order valence-electron chi connectivity index (χ0n) is 9.57. The van der Waals surface area contributed by atoms with Crippen molar-refractivity contribution < 1.29 is 17.8 Å². The highest BCUT2D eigenvalue weighted by molar-refractivity contribution is 7.85. The van der Waals surface area contributed by atoms with E-state index in [0.29, 0.717) is 6.42 Å². The molecule has 0 saturated heterocycles. The van der Waals surface area contributed by atoms with Gasteiger partial charge in [0.25, 0.3) is 10.1 Å². The molecule has 0 saturated carbocycles. The molecule has 0 aromatic rings. The minimum Gasteiger partial charge on any atom is -0.350 e. The third kappa shape index (κ3) is 6.46. The molecular formula is C9H19NO4S. The summed E-state index contributed by atoms with van der Waals surface area (Å²) in [6, 6.07) is 0. The van der Waals surface area contributed by atoms with Crippen LogP contribution in [0.1, 0.15) is 34.1 Å². The zero-order valence-corrected chi connectivity index (χ0v) is 10.4. The Bertz CT molecular complexity index is 321. The lowest BCUT2D eigenvalue weighted by molar-refractivity contribution is -0.125. The summed E-state index contributed by atoms with van der Waals surface area (Å²) >= 11 is 0. The van der Waals surface area contributed by atoms with Crippen LogP contribution in [0.5, 0.6) is 0 Å². The third-order valence-electron chi connectivity index (χ3n) is 2.06. The molecule has 1 amide bonds. The molecule has 0 aliphatic heterocycles. The van der Waals surface area contributed by atoms with Gasteiger partial charge in [-0.15, -0.1) is 0 Å². The van der Waals surface area contributed by atoms with Gasteiger partial charge >= 0.3 is 0 Å². The topological polar surface area (TPSA) is 83.5 Å². The highest BCUT2D eigenvalue weighted by atomic mass is 32.2. The van der Waals surface area contributed by atoms with Gasteiger partial charge in [-0.3, -0.25) is 9.35 Å². The van der Waals surface area contributed by atoms with Gasteiger partial charge in [-0.2, -0.15) is 8.42 Å². The Hall–Kier alpha value is -0.620. The summed E-state index contributed by atoms with van der Waals surface area (Å²) in [6.07, 6.45) is 0.688. The minimum absolute atomic E-state index is 0.161. The molecule has 2 N–H and O–H groups in total. The van der Waals surface area contributed by atoms with Crippen LogP contribution in [-0.2, 0) is 14.9 Å². The second-order valence-corrected chi connectivity index (χ2v) is 5.86. The van der Waals surface area contributed by atoms with Crippen LogP contribution in [0.3, 0.4) is 0 Å². The van der Waals surface area contributed by atoms with Crippen molar-refractivity contribution in [1.29, 1.82) is 0 Å². The quantitative estimate of drug-likeness (QED) is 0.693. The molecular weight excluding hydrogens is 218 g/mol. The van der Waals surface area contributed by atoms with Crippen molar-refractivity contribution in [3.63, 3.8) is 0 Å². The molecule has 5 nitrogen and oxygen atoms in total. The third-order valence-corrected chi connectivity index (χ3v) is 3.15. The molecule has 0 spiro atoms. The summed E-state index contributed by atoms with van der Waals surface area (Å²) in [5.74, 6) is -0.848. The van der Waals surface area contributed by atoms with Gasteiger partial charge < -0.3 is 5.32 Å². The van der Waals surface area contributed by atoms with Gasteiger partial charge in [-0.25, -0.2) is 0 Å². The Kier molecular flexibility index (Phi) is 4.73. The lowest BCUT2D eigenvalue weighted by Gasteiger charge is -2.26. The first-order chi connectivity index (χ1) is 6.57. The minimum atomic E-state index is -4.07. The van der Waals surface area contributed by atoms with Crippen molar-refractivity contribution in [2.24, 2.45) is 5.92 Å². The van der Waals surface area contributed by atoms with E-state index in [-0.39, 0.29) is 11.8 Å². The smallest absolute Gasteiger partial charge is 0.267 e. The van der Waals surface area contributed by atoms with Crippen LogP contribution in [0.15, 0.2) is 0 Å². The van der Waals surface area contributed by atoms with E-state index >= 15 is 0 Å². The molecule has 90 valence electrons. The van der Waals surface area contributed by atoms with Crippen molar-refractivity contribution in [3.05, 3.63) is 0 Å². The van der Waals surface area contributed by atoms with Crippen LogP contribution in [-0.4, -0.2) is 30.2 Å². The normalized spacial score (nSPS) is 14.7. The lowest BCUT2D eigenvalue weighted by atomic mass is 10.0. The standard InChI is InChI=1S/C9H19NO4S/c1-5-7(2)8(11)10-9(3,4)6-15(12,13)14/h7H,5-6H2,1-4H3,(H,10,11)(H,12,13,14)/t7-/m0/s1. The molecule has 0 bridgehead atoms. The van der Waals surface area contributed by atoms with Crippen LogP contribution in [0.25, 0.3) is 0 Å². The molecule has 0 heterocycles. The van der Waals surface area contributed by atoms with E-state index < -0.39 is 21.4 Å². The fraction of sp³-hybridized carbons (Fsp3) is 0.889. The SMILES string of the molecule is CC[C@H](C)C(=O)NC(C)(C)CS(=O)(=O)O. The summed E-state index contributed by atoms with van der Waals surface area (Å²) in [5, 5.41) is 2.59. The monoisotopic (exact) mass is 237 g/mol. The number of nitrogens with one attached hydrogen (secondary N) is 1. The maximum Gasteiger partial charge on any atom is 0.267 e. The van der Waals surface area contributed by atoms with Gasteiger partial charge in [0.1, 0.15) is 0 Å². The first kappa shape index (κ1) is 14.4. The second-order valence-electron chi connectivity index (χ2n) is 4.41. The number of amides is 1. The molecule has 0 aliphatic carbocycles. The first-order valence-corrected chi connectivity index (χ1v) is 6.45. The molecule has 0 unspecified atom stereocenters. The van der Waals surface area contributed by atoms with Crippen LogP contribution in [0.4, 0.5) is 0 Å². The fourth-order valence-electron chi connectivity index (χ4n) is 1.13. The van der Waals surface area contributed by atoms with Gasteiger partial charge in [0.15, 0.2) is 0 Å². The molecule has 0 aromatic heterocycles. The summed E-state index contributed by atoms with van der Waals surface area (Å²) in [5.41, 5.74) is -0.950. The van der Waals surface area contributed by atoms with Crippen molar-refractivity contribution in [3.8, 4) is 0 Å². The number of rotatable bonds is 5. The molecule has 0 rings (SSSR count). The lowest BCUT2D eigenvalue weighted by Crippen LogP contribution is -2.49. The summed E-state index contributed by atoms with van der Waals surface area (Å²) in [4.78, 5) is 11.5. The fourth-order valence-corrected chi connectivity index (χ4v) is 2.12. The number of carbonyl (C=O) groups excluding carboxylic acids is 1. The first-order valence-electron chi connectivity index (χ1n) is 4.84. The molecule has 0 aromatic carbocycles. The van der Waals surface area contributed by atoms with Gasteiger partial charge in [0.05, 0.1) is 11.3 Å². The number of carbonyl (C=O) groups is 1. The second kappa shape index (κ2) is 4.94. The van der Waals surface area contributed by atoms with E-state index in [1.165, 1.54) is 0 Å². The number of hydrogen-bond donors (Lipinski definition) is 2. The summed E-state index contributed by atoms with van der Waals surface area (Å²) < 4.78 is 30.0. The maximum atomic E-state index is 11.5. The summed E-state index contributed by atoms with van der Waals surface area (Å²) in [6.45, 7) is 6.75. The van der Waals surface area contributed by atoms with Gasteiger partial charge in [0, 0.05) is 5.92 Å². The molecule has 0 radical (unpaired) electrons. The largest absolute Gasteiger partial charge is 0.350 e. The Morgan fingerprint density at radius 1 is 1.47 bits per heavy atom. The van der Waals surface area contributed by atoms with Crippen LogP contribution in [0, 0.1) is 5.92 Å². The van der Waals surface area contributed by atoms with Gasteiger partial charge in [-0.05, 0) is 20.3 Å². The van der Waals surface area contributed by atoms with E-state index in [1.54, 1.807) is 20.8 Å². The Balaban J connectivity index is 4.45. The highest BCUT2D eigenvalue weighted by Gasteiger charge is 2.27. The highest BCUT2D eigenvalue weighted by Crippen LogP contribution is 2.09. The van der Waals surface area contributed by atoms with Gasteiger partial charge in [0.2, 0.25) is 5.91 Å². The summed E-state index contributed by atoms with van der Waals surface area (Å²) in [7, 11) is -4.07.